The van der Waals surface area contributed by atoms with Crippen molar-refractivity contribution in [3.05, 3.63) is 22.4 Å². The number of imidazole rings is 1. The lowest BCUT2D eigenvalue weighted by Crippen LogP contribution is -2.41. The monoisotopic (exact) mass is 229 g/mol. The lowest BCUT2D eigenvalue weighted by Gasteiger charge is -2.11. The zero-order valence-corrected chi connectivity index (χ0v) is 8.19. The molecule has 0 spiro atoms. The van der Waals surface area contributed by atoms with E-state index in [0.29, 0.717) is 0 Å². The molecule has 0 saturated heterocycles. The second-order valence-electron chi connectivity index (χ2n) is 3.03. The molecule has 16 heavy (non-hydrogen) atoms. The van der Waals surface area contributed by atoms with E-state index >= 15 is 0 Å². The fraction of sp³-hybridized carbons (Fsp3) is 0.375. The molecule has 0 aliphatic heterocycles. The number of aromatic nitrogens is 2. The molecule has 0 aromatic carbocycles. The summed E-state index contributed by atoms with van der Waals surface area (Å²) >= 11 is 0. The second kappa shape index (κ2) is 5.12. The highest BCUT2D eigenvalue weighted by atomic mass is 16.4. The number of aliphatic carboxylic acids is 1. The SMILES string of the molecule is O=C(NC(CCO)C(=O)O)c1c[nH]c(=O)[nH]1. The van der Waals surface area contributed by atoms with Gasteiger partial charge in [-0.05, 0) is 0 Å². The number of hydrogen-bond acceptors (Lipinski definition) is 4. The Morgan fingerprint density at radius 1 is 1.50 bits per heavy atom. The van der Waals surface area contributed by atoms with Crippen LogP contribution < -0.4 is 11.0 Å². The first kappa shape index (κ1) is 12.0. The average molecular weight is 229 g/mol. The predicted octanol–water partition coefficient (Wildman–Crippen LogP) is -1.73. The first-order chi connectivity index (χ1) is 7.54. The highest BCUT2D eigenvalue weighted by Gasteiger charge is 2.20. The minimum Gasteiger partial charge on any atom is -0.480 e. The molecular weight excluding hydrogens is 218 g/mol. The van der Waals surface area contributed by atoms with Crippen LogP contribution in [0.5, 0.6) is 0 Å². The van der Waals surface area contributed by atoms with E-state index in [9.17, 15) is 14.4 Å². The molecule has 8 heteroatoms. The van der Waals surface area contributed by atoms with Crippen molar-refractivity contribution in [1.82, 2.24) is 15.3 Å². The van der Waals surface area contributed by atoms with Gasteiger partial charge in [-0.25, -0.2) is 9.59 Å². The smallest absolute Gasteiger partial charge is 0.326 e. The van der Waals surface area contributed by atoms with Gasteiger partial charge in [0.25, 0.3) is 5.91 Å². The predicted molar refractivity (Wildman–Crippen MR) is 52.0 cm³/mol. The van der Waals surface area contributed by atoms with Crippen molar-refractivity contribution in [1.29, 1.82) is 0 Å². The lowest BCUT2D eigenvalue weighted by molar-refractivity contribution is -0.139. The van der Waals surface area contributed by atoms with Crippen molar-refractivity contribution < 1.29 is 19.8 Å². The molecule has 0 radical (unpaired) electrons. The Hall–Kier alpha value is -2.09. The number of hydrogen-bond donors (Lipinski definition) is 5. The Bertz CT molecular complexity index is 435. The third-order valence-electron chi connectivity index (χ3n) is 1.86. The van der Waals surface area contributed by atoms with Gasteiger partial charge in [-0.2, -0.15) is 0 Å². The molecule has 0 bridgehead atoms. The third-order valence-corrected chi connectivity index (χ3v) is 1.86. The van der Waals surface area contributed by atoms with E-state index in [1.54, 1.807) is 0 Å². The van der Waals surface area contributed by atoms with Gasteiger partial charge in [0.1, 0.15) is 11.7 Å². The Morgan fingerprint density at radius 3 is 2.62 bits per heavy atom. The average Bonchev–Trinajstić information content (AvgIpc) is 2.64. The maximum Gasteiger partial charge on any atom is 0.326 e. The third kappa shape index (κ3) is 2.95. The summed E-state index contributed by atoms with van der Waals surface area (Å²) in [4.78, 5) is 37.1. The quantitative estimate of drug-likeness (QED) is 0.408. The number of nitrogens with one attached hydrogen (secondary N) is 3. The highest BCUT2D eigenvalue weighted by molar-refractivity contribution is 5.94. The van der Waals surface area contributed by atoms with Crippen LogP contribution >= 0.6 is 0 Å². The number of carboxylic acids is 1. The van der Waals surface area contributed by atoms with E-state index < -0.39 is 23.6 Å². The summed E-state index contributed by atoms with van der Waals surface area (Å²) in [5.41, 5.74) is -0.617. The van der Waals surface area contributed by atoms with E-state index in [0.717, 1.165) is 6.20 Å². The van der Waals surface area contributed by atoms with Crippen molar-refractivity contribution in [2.45, 2.75) is 12.5 Å². The zero-order chi connectivity index (χ0) is 12.1. The second-order valence-corrected chi connectivity index (χ2v) is 3.03. The number of aromatic amines is 2. The molecule has 1 aromatic heterocycles. The molecule has 0 saturated carbocycles. The fourth-order valence-corrected chi connectivity index (χ4v) is 1.08. The number of carboxylic acid groups (broad SMARTS) is 1. The molecule has 0 aliphatic carbocycles. The van der Waals surface area contributed by atoms with Crippen molar-refractivity contribution in [3.63, 3.8) is 0 Å². The summed E-state index contributed by atoms with van der Waals surface area (Å²) in [6.07, 6.45) is 1.03. The van der Waals surface area contributed by atoms with Crippen molar-refractivity contribution >= 4 is 11.9 Å². The van der Waals surface area contributed by atoms with Crippen molar-refractivity contribution in [3.8, 4) is 0 Å². The zero-order valence-electron chi connectivity index (χ0n) is 8.19. The number of amides is 1. The van der Waals surface area contributed by atoms with Gasteiger partial charge in [0.05, 0.1) is 0 Å². The van der Waals surface area contributed by atoms with Crippen LogP contribution in [-0.2, 0) is 4.79 Å². The van der Waals surface area contributed by atoms with Crippen LogP contribution in [0.2, 0.25) is 0 Å². The molecule has 8 nitrogen and oxygen atoms in total. The van der Waals surface area contributed by atoms with Gasteiger partial charge < -0.3 is 25.5 Å². The summed E-state index contributed by atoms with van der Waals surface area (Å²) in [6.45, 7) is -0.360. The number of carbonyl (C=O) groups excluding carboxylic acids is 1. The van der Waals surface area contributed by atoms with Gasteiger partial charge in [-0.1, -0.05) is 0 Å². The molecule has 1 rings (SSSR count). The normalized spacial score (nSPS) is 12.1. The fourth-order valence-electron chi connectivity index (χ4n) is 1.08. The van der Waals surface area contributed by atoms with Crippen LogP contribution in [0.3, 0.4) is 0 Å². The van der Waals surface area contributed by atoms with Crippen LogP contribution in [0.15, 0.2) is 11.0 Å². The minimum atomic E-state index is -1.25. The summed E-state index contributed by atoms with van der Waals surface area (Å²) in [6, 6.07) is -1.18. The van der Waals surface area contributed by atoms with Crippen molar-refractivity contribution in [2.24, 2.45) is 0 Å². The lowest BCUT2D eigenvalue weighted by atomic mass is 10.2. The van der Waals surface area contributed by atoms with Gasteiger partial charge in [-0.3, -0.25) is 4.79 Å². The molecule has 5 N–H and O–H groups in total. The maximum atomic E-state index is 11.4. The van der Waals surface area contributed by atoms with E-state index in [2.05, 4.69) is 15.3 Å². The highest BCUT2D eigenvalue weighted by Crippen LogP contribution is 1.95. The summed E-state index contributed by atoms with van der Waals surface area (Å²) in [7, 11) is 0. The Labute approximate surface area is 89.3 Å². The van der Waals surface area contributed by atoms with Crippen molar-refractivity contribution in [2.75, 3.05) is 6.61 Å². The number of rotatable bonds is 5. The molecule has 0 fully saturated rings. The Morgan fingerprint density at radius 2 is 2.19 bits per heavy atom. The molecule has 1 heterocycles. The van der Waals surface area contributed by atoms with Crippen LogP contribution in [0, 0.1) is 0 Å². The van der Waals surface area contributed by atoms with E-state index in [-0.39, 0.29) is 18.7 Å². The first-order valence-electron chi connectivity index (χ1n) is 4.47. The van der Waals surface area contributed by atoms with E-state index in [1.807, 2.05) is 0 Å². The molecular formula is C8H11N3O5. The number of H-pyrrole nitrogens is 2. The van der Waals surface area contributed by atoms with Crippen LogP contribution in [0.25, 0.3) is 0 Å². The van der Waals surface area contributed by atoms with Gasteiger partial charge in [0.2, 0.25) is 0 Å². The Balaban J connectivity index is 2.68. The van der Waals surface area contributed by atoms with Gasteiger partial charge >= 0.3 is 11.7 Å². The molecule has 0 aliphatic rings. The molecule has 1 amide bonds. The summed E-state index contributed by atoms with van der Waals surface area (Å²) in [5, 5.41) is 19.5. The largest absolute Gasteiger partial charge is 0.480 e. The molecule has 1 aromatic rings. The minimum absolute atomic E-state index is 0.0609. The van der Waals surface area contributed by atoms with Gasteiger partial charge in [0, 0.05) is 19.2 Å². The maximum absolute atomic E-state index is 11.4. The van der Waals surface area contributed by atoms with Crippen LogP contribution in [-0.4, -0.2) is 44.7 Å². The van der Waals surface area contributed by atoms with E-state index in [1.165, 1.54) is 0 Å². The van der Waals surface area contributed by atoms with E-state index in [4.69, 9.17) is 10.2 Å². The first-order valence-corrected chi connectivity index (χ1v) is 4.47. The van der Waals surface area contributed by atoms with Gasteiger partial charge in [-0.15, -0.1) is 0 Å². The molecule has 88 valence electrons. The molecule has 1 unspecified atom stereocenters. The molecule has 1 atom stereocenters. The Kier molecular flexibility index (Phi) is 3.84. The summed E-state index contributed by atoms with van der Waals surface area (Å²) < 4.78 is 0. The van der Waals surface area contributed by atoms with Gasteiger partial charge in [0.15, 0.2) is 0 Å². The van der Waals surface area contributed by atoms with Crippen LogP contribution in [0.1, 0.15) is 16.9 Å². The standard InChI is InChI=1S/C8H11N3O5/c12-2-1-4(7(14)15)10-6(13)5-3-9-8(16)11-5/h3-4,12H,1-2H2,(H,10,13)(H,14,15)(H2,9,11,16). The number of aliphatic hydroxyl groups is 1. The summed E-state index contributed by atoms with van der Waals surface area (Å²) in [5.74, 6) is -1.97. The number of carbonyl (C=O) groups is 2. The topological polar surface area (TPSA) is 135 Å². The van der Waals surface area contributed by atoms with Crippen LogP contribution in [0.4, 0.5) is 0 Å². The number of aliphatic hydroxyl groups excluding tert-OH is 1.